The van der Waals surface area contributed by atoms with E-state index in [0.717, 1.165) is 22.3 Å². The molecule has 2 unspecified atom stereocenters. The van der Waals surface area contributed by atoms with Crippen molar-refractivity contribution in [3.05, 3.63) is 89.5 Å². The number of esters is 1. The molecule has 0 aliphatic heterocycles. The van der Waals surface area contributed by atoms with Gasteiger partial charge in [0.05, 0.1) is 18.9 Å². The van der Waals surface area contributed by atoms with E-state index in [1.165, 1.54) is 0 Å². The van der Waals surface area contributed by atoms with Crippen molar-refractivity contribution in [2.24, 2.45) is 4.99 Å². The van der Waals surface area contributed by atoms with Gasteiger partial charge in [0.2, 0.25) is 0 Å². The highest BCUT2D eigenvalue weighted by Gasteiger charge is 2.37. The van der Waals surface area contributed by atoms with Crippen molar-refractivity contribution in [3.63, 3.8) is 0 Å². The highest BCUT2D eigenvalue weighted by Crippen LogP contribution is 2.38. The third-order valence-corrected chi connectivity index (χ3v) is 6.03. The zero-order valence-electron chi connectivity index (χ0n) is 23.6. The number of carbonyl (C=O) groups is 2. The second-order valence-corrected chi connectivity index (χ2v) is 11.4. The molecule has 3 aromatic rings. The summed E-state index contributed by atoms with van der Waals surface area (Å²) >= 11 is 0. The van der Waals surface area contributed by atoms with Crippen LogP contribution in [0.2, 0.25) is 0 Å². The molecule has 4 rings (SSSR count). The van der Waals surface area contributed by atoms with Gasteiger partial charge < -0.3 is 19.5 Å². The number of hydrogen-bond acceptors (Lipinski definition) is 6. The lowest BCUT2D eigenvalue weighted by atomic mass is 9.98. The molecule has 7 heteroatoms. The summed E-state index contributed by atoms with van der Waals surface area (Å²) in [5.41, 5.74) is 3.73. The van der Waals surface area contributed by atoms with Crippen molar-refractivity contribution >= 4 is 17.8 Å². The molecule has 1 aliphatic carbocycles. The number of hydrogen-bond donors (Lipinski definition) is 1. The molecule has 0 heterocycles. The first-order valence-corrected chi connectivity index (χ1v) is 13.0. The summed E-state index contributed by atoms with van der Waals surface area (Å²) in [5, 5.41) is 2.91. The van der Waals surface area contributed by atoms with Gasteiger partial charge in [0.15, 0.2) is 6.04 Å². The summed E-state index contributed by atoms with van der Waals surface area (Å²) in [4.78, 5) is 31.9. The minimum Gasteiger partial charge on any atom is -0.497 e. The normalized spacial score (nSPS) is 14.0. The van der Waals surface area contributed by atoms with Gasteiger partial charge in [-0.3, -0.25) is 4.99 Å². The Balaban J connectivity index is 1.88. The molecular formula is C32H36N2O5. The SMILES string of the molecule is COc1ccc(C(NC(=O)OC(C)(C)C)C(N=C2c3ccccc3-c3ccccc32)C(=O)OC(C)(C)C)cc1. The molecule has 204 valence electrons. The van der Waals surface area contributed by atoms with E-state index in [1.807, 2.05) is 48.5 Å². The molecule has 7 nitrogen and oxygen atoms in total. The molecule has 0 saturated carbocycles. The number of carbonyl (C=O) groups excluding carboxylic acids is 2. The van der Waals surface area contributed by atoms with Gasteiger partial charge in [-0.1, -0.05) is 60.7 Å². The Morgan fingerprint density at radius 3 is 1.67 bits per heavy atom. The Morgan fingerprint density at radius 2 is 1.21 bits per heavy atom. The van der Waals surface area contributed by atoms with Crippen LogP contribution in [-0.2, 0) is 14.3 Å². The van der Waals surface area contributed by atoms with Crippen LogP contribution in [0.1, 0.15) is 64.3 Å². The molecular weight excluding hydrogens is 492 g/mol. The second-order valence-electron chi connectivity index (χ2n) is 11.4. The molecule has 0 saturated heterocycles. The van der Waals surface area contributed by atoms with Crippen molar-refractivity contribution in [2.75, 3.05) is 7.11 Å². The number of fused-ring (bicyclic) bond motifs is 3. The van der Waals surface area contributed by atoms with E-state index in [9.17, 15) is 9.59 Å². The average molecular weight is 529 g/mol. The van der Waals surface area contributed by atoms with Crippen LogP contribution >= 0.6 is 0 Å². The summed E-state index contributed by atoms with van der Waals surface area (Å²) in [6.45, 7) is 10.8. The van der Waals surface area contributed by atoms with Gasteiger partial charge >= 0.3 is 12.1 Å². The van der Waals surface area contributed by atoms with Crippen LogP contribution in [0, 0.1) is 0 Å². The van der Waals surface area contributed by atoms with Crippen molar-refractivity contribution in [2.45, 2.75) is 64.8 Å². The van der Waals surface area contributed by atoms with Gasteiger partial charge in [-0.25, -0.2) is 9.59 Å². The van der Waals surface area contributed by atoms with E-state index in [4.69, 9.17) is 19.2 Å². The summed E-state index contributed by atoms with van der Waals surface area (Å²) in [6, 6.07) is 21.1. The summed E-state index contributed by atoms with van der Waals surface area (Å²) < 4.78 is 16.7. The number of alkyl carbamates (subject to hydrolysis) is 1. The summed E-state index contributed by atoms with van der Waals surface area (Å²) in [7, 11) is 1.58. The number of nitrogens with zero attached hydrogens (tertiary/aromatic N) is 1. The maximum absolute atomic E-state index is 13.8. The van der Waals surface area contributed by atoms with E-state index in [0.29, 0.717) is 17.0 Å². The van der Waals surface area contributed by atoms with Gasteiger partial charge in [-0.05, 0) is 70.4 Å². The van der Waals surface area contributed by atoms with E-state index < -0.39 is 35.3 Å². The van der Waals surface area contributed by atoms with Crippen LogP contribution in [0.5, 0.6) is 5.75 Å². The predicted molar refractivity (Wildman–Crippen MR) is 152 cm³/mol. The van der Waals surface area contributed by atoms with Gasteiger partial charge in [-0.2, -0.15) is 0 Å². The molecule has 3 aromatic carbocycles. The zero-order valence-corrected chi connectivity index (χ0v) is 23.6. The number of benzene rings is 3. The van der Waals surface area contributed by atoms with E-state index >= 15 is 0 Å². The lowest BCUT2D eigenvalue weighted by Gasteiger charge is -2.29. The monoisotopic (exact) mass is 528 g/mol. The molecule has 0 radical (unpaired) electrons. The average Bonchev–Trinajstić information content (AvgIpc) is 3.17. The fraction of sp³-hybridized carbons (Fsp3) is 0.344. The van der Waals surface area contributed by atoms with Crippen LogP contribution in [0.15, 0.2) is 77.8 Å². The van der Waals surface area contributed by atoms with Crippen molar-refractivity contribution in [3.8, 4) is 16.9 Å². The number of rotatable bonds is 6. The maximum Gasteiger partial charge on any atom is 0.408 e. The number of amides is 1. The Morgan fingerprint density at radius 1 is 0.718 bits per heavy atom. The number of nitrogens with one attached hydrogen (secondary N) is 1. The molecule has 1 aliphatic rings. The van der Waals surface area contributed by atoms with Gasteiger partial charge in [-0.15, -0.1) is 0 Å². The van der Waals surface area contributed by atoms with E-state index in [2.05, 4.69) is 5.32 Å². The second kappa shape index (κ2) is 10.9. The number of aliphatic imine (C=N–C) groups is 1. The van der Waals surface area contributed by atoms with Crippen LogP contribution < -0.4 is 10.1 Å². The zero-order chi connectivity index (χ0) is 28.4. The number of methoxy groups -OCH3 is 1. The summed E-state index contributed by atoms with van der Waals surface area (Å²) in [5.74, 6) is 0.0855. The first kappa shape index (κ1) is 27.9. The van der Waals surface area contributed by atoms with Crippen molar-refractivity contribution < 1.29 is 23.8 Å². The maximum atomic E-state index is 13.8. The summed E-state index contributed by atoms with van der Waals surface area (Å²) in [6.07, 6.45) is -0.663. The Labute approximate surface area is 230 Å². The predicted octanol–water partition coefficient (Wildman–Crippen LogP) is 6.49. The van der Waals surface area contributed by atoms with Crippen LogP contribution in [0.4, 0.5) is 4.79 Å². The topological polar surface area (TPSA) is 86.2 Å². The van der Waals surface area contributed by atoms with Crippen LogP contribution in [0.25, 0.3) is 11.1 Å². The van der Waals surface area contributed by atoms with Crippen LogP contribution in [0.3, 0.4) is 0 Å². The minimum atomic E-state index is -1.11. The van der Waals surface area contributed by atoms with Gasteiger partial charge in [0.1, 0.15) is 17.0 Å². The highest BCUT2D eigenvalue weighted by atomic mass is 16.6. The molecule has 1 N–H and O–H groups in total. The molecule has 39 heavy (non-hydrogen) atoms. The molecule has 2 atom stereocenters. The van der Waals surface area contributed by atoms with Gasteiger partial charge in [0, 0.05) is 11.1 Å². The van der Waals surface area contributed by atoms with Gasteiger partial charge in [0.25, 0.3) is 0 Å². The Kier molecular flexibility index (Phi) is 7.82. The third kappa shape index (κ3) is 6.66. The van der Waals surface area contributed by atoms with Crippen molar-refractivity contribution in [1.82, 2.24) is 5.32 Å². The standard InChI is InChI=1S/C32H36N2O5/c1-31(2,3)38-29(35)28(33-27-24-14-10-8-12-22(24)23-13-9-11-15-25(23)27)26(34-30(36)39-32(4,5)6)20-16-18-21(37-7)19-17-20/h8-19,26,28H,1-7H3,(H,34,36). The lowest BCUT2D eigenvalue weighted by molar-refractivity contribution is -0.157. The van der Waals surface area contributed by atoms with Crippen molar-refractivity contribution in [1.29, 1.82) is 0 Å². The minimum absolute atomic E-state index is 0.561. The fourth-order valence-corrected chi connectivity index (χ4v) is 4.49. The molecule has 0 spiro atoms. The highest BCUT2D eigenvalue weighted by molar-refractivity contribution is 6.24. The molecule has 0 aromatic heterocycles. The number of ether oxygens (including phenoxy) is 3. The first-order chi connectivity index (χ1) is 18.4. The molecule has 1 amide bonds. The van der Waals surface area contributed by atoms with Crippen LogP contribution in [-0.4, -0.2) is 42.1 Å². The smallest absolute Gasteiger partial charge is 0.408 e. The Bertz CT molecular complexity index is 1330. The first-order valence-electron chi connectivity index (χ1n) is 13.0. The molecule has 0 fully saturated rings. The lowest BCUT2D eigenvalue weighted by Crippen LogP contribution is -2.44. The van der Waals surface area contributed by atoms with E-state index in [1.54, 1.807) is 72.9 Å². The third-order valence-electron chi connectivity index (χ3n) is 6.03. The van der Waals surface area contributed by atoms with E-state index in [-0.39, 0.29) is 0 Å². The molecule has 0 bridgehead atoms. The fourth-order valence-electron chi connectivity index (χ4n) is 4.49. The Hall–Kier alpha value is -4.13. The quantitative estimate of drug-likeness (QED) is 0.289. The largest absolute Gasteiger partial charge is 0.497 e.